The molecule has 0 N–H and O–H groups in total. The lowest BCUT2D eigenvalue weighted by Crippen LogP contribution is -2.32. The van der Waals surface area contributed by atoms with Crippen LogP contribution in [0.2, 0.25) is 0 Å². The van der Waals surface area contributed by atoms with Crippen LogP contribution < -0.4 is 4.74 Å². The molecular formula is C22H24N2O2. The first-order valence-corrected chi connectivity index (χ1v) is 9.76. The zero-order chi connectivity index (χ0) is 17.5. The van der Waals surface area contributed by atoms with Gasteiger partial charge in [0.05, 0.1) is 6.20 Å². The smallest absolute Gasteiger partial charge is 0.253 e. The fourth-order valence-corrected chi connectivity index (χ4v) is 5.01. The number of pyridine rings is 1. The Morgan fingerprint density at radius 1 is 1.12 bits per heavy atom. The minimum Gasteiger partial charge on any atom is -0.488 e. The maximum Gasteiger partial charge on any atom is 0.253 e. The first kappa shape index (κ1) is 15.9. The highest BCUT2D eigenvalue weighted by atomic mass is 16.5. The van der Waals surface area contributed by atoms with Gasteiger partial charge in [0.15, 0.2) is 0 Å². The summed E-state index contributed by atoms with van der Waals surface area (Å²) in [5.41, 5.74) is 3.65. The van der Waals surface area contributed by atoms with Gasteiger partial charge in [0.1, 0.15) is 11.9 Å². The summed E-state index contributed by atoms with van der Waals surface area (Å²) in [6.07, 6.45) is 9.44. The van der Waals surface area contributed by atoms with Crippen LogP contribution in [0.3, 0.4) is 0 Å². The van der Waals surface area contributed by atoms with Gasteiger partial charge < -0.3 is 9.64 Å². The number of carbonyl (C=O) groups is 1. The number of rotatable bonds is 3. The van der Waals surface area contributed by atoms with E-state index < -0.39 is 0 Å². The first-order valence-electron chi connectivity index (χ1n) is 9.76. The topological polar surface area (TPSA) is 42.4 Å². The summed E-state index contributed by atoms with van der Waals surface area (Å²) in [4.78, 5) is 19.2. The lowest BCUT2D eigenvalue weighted by Gasteiger charge is -2.22. The van der Waals surface area contributed by atoms with Gasteiger partial charge in [0.2, 0.25) is 0 Å². The Kier molecular flexibility index (Phi) is 3.92. The van der Waals surface area contributed by atoms with E-state index in [0.717, 1.165) is 50.1 Å². The van der Waals surface area contributed by atoms with Crippen molar-refractivity contribution in [1.82, 2.24) is 9.88 Å². The predicted molar refractivity (Wildman–Crippen MR) is 99.2 cm³/mol. The summed E-state index contributed by atoms with van der Waals surface area (Å²) < 4.78 is 6.18. The zero-order valence-corrected chi connectivity index (χ0v) is 14.9. The van der Waals surface area contributed by atoms with E-state index in [1.54, 1.807) is 12.4 Å². The lowest BCUT2D eigenvalue weighted by molar-refractivity contribution is 0.0762. The standard InChI is InChI=1S/C22H24N2O2/c25-22(17-7-6-15-3-1-4-16(15)11-17)24-13-18-8-9-21(20(18)14-24)26-19-5-2-10-23-12-19/h2,5-7,10-12,18,20-21H,1,3-4,8-9,13-14H2/t18-,20+,21-/m1/s1. The van der Waals surface area contributed by atoms with Crippen molar-refractivity contribution in [3.63, 3.8) is 0 Å². The number of fused-ring (bicyclic) bond motifs is 2. The van der Waals surface area contributed by atoms with Crippen LogP contribution in [0.1, 0.15) is 40.7 Å². The summed E-state index contributed by atoms with van der Waals surface area (Å²) in [6, 6.07) is 10.2. The van der Waals surface area contributed by atoms with Gasteiger partial charge in [-0.2, -0.15) is 0 Å². The van der Waals surface area contributed by atoms with Gasteiger partial charge in [-0.25, -0.2) is 0 Å². The second-order valence-corrected chi connectivity index (χ2v) is 7.89. The van der Waals surface area contributed by atoms with E-state index in [4.69, 9.17) is 4.74 Å². The number of hydrogen-bond donors (Lipinski definition) is 0. The van der Waals surface area contributed by atoms with Gasteiger partial charge in [-0.1, -0.05) is 6.07 Å². The lowest BCUT2D eigenvalue weighted by atomic mass is 9.99. The predicted octanol–water partition coefficient (Wildman–Crippen LogP) is 3.50. The summed E-state index contributed by atoms with van der Waals surface area (Å²) in [5, 5.41) is 0. The number of carbonyl (C=O) groups excluding carboxylic acids is 1. The molecule has 1 amide bonds. The molecule has 2 aromatic rings. The monoisotopic (exact) mass is 348 g/mol. The quantitative estimate of drug-likeness (QED) is 0.853. The second kappa shape index (κ2) is 6.42. The second-order valence-electron chi connectivity index (χ2n) is 7.89. The van der Waals surface area contributed by atoms with Crippen LogP contribution >= 0.6 is 0 Å². The molecule has 1 saturated carbocycles. The van der Waals surface area contributed by atoms with Gasteiger partial charge in [-0.05, 0) is 73.4 Å². The average Bonchev–Trinajstić information content (AvgIpc) is 3.38. The highest BCUT2D eigenvalue weighted by Crippen LogP contribution is 2.40. The Morgan fingerprint density at radius 2 is 2.04 bits per heavy atom. The third-order valence-corrected chi connectivity index (χ3v) is 6.35. The molecule has 26 heavy (non-hydrogen) atoms. The van der Waals surface area contributed by atoms with E-state index in [0.29, 0.717) is 11.8 Å². The van der Waals surface area contributed by atoms with Crippen molar-refractivity contribution < 1.29 is 9.53 Å². The van der Waals surface area contributed by atoms with Crippen molar-refractivity contribution in [2.45, 2.75) is 38.2 Å². The first-order chi connectivity index (χ1) is 12.8. The molecule has 0 unspecified atom stereocenters. The molecule has 1 aromatic heterocycles. The molecule has 2 heterocycles. The van der Waals surface area contributed by atoms with Crippen LogP contribution in [0.25, 0.3) is 0 Å². The molecule has 0 bridgehead atoms. The highest BCUT2D eigenvalue weighted by Gasteiger charge is 2.45. The largest absolute Gasteiger partial charge is 0.488 e. The maximum atomic E-state index is 13.0. The molecule has 4 nitrogen and oxygen atoms in total. The number of likely N-dealkylation sites (tertiary alicyclic amines) is 1. The van der Waals surface area contributed by atoms with E-state index in [1.807, 2.05) is 23.1 Å². The van der Waals surface area contributed by atoms with E-state index in [1.165, 1.54) is 17.5 Å². The molecule has 0 radical (unpaired) electrons. The Bertz CT molecular complexity index is 820. The molecule has 2 aliphatic carbocycles. The molecule has 4 heteroatoms. The van der Waals surface area contributed by atoms with Crippen molar-refractivity contribution in [2.75, 3.05) is 13.1 Å². The summed E-state index contributed by atoms with van der Waals surface area (Å²) >= 11 is 0. The summed E-state index contributed by atoms with van der Waals surface area (Å²) in [7, 11) is 0. The fraction of sp³-hybridized carbons (Fsp3) is 0.455. The normalized spacial score (nSPS) is 26.6. The van der Waals surface area contributed by atoms with E-state index in [9.17, 15) is 4.79 Å². The molecule has 5 rings (SSSR count). The maximum absolute atomic E-state index is 13.0. The van der Waals surface area contributed by atoms with Crippen molar-refractivity contribution in [3.05, 3.63) is 59.4 Å². The summed E-state index contributed by atoms with van der Waals surface area (Å²) in [6.45, 7) is 1.68. The van der Waals surface area contributed by atoms with Crippen LogP contribution in [-0.2, 0) is 12.8 Å². The minimum atomic E-state index is 0.189. The average molecular weight is 348 g/mol. The minimum absolute atomic E-state index is 0.189. The molecule has 1 saturated heterocycles. The van der Waals surface area contributed by atoms with Crippen molar-refractivity contribution in [2.24, 2.45) is 11.8 Å². The Hall–Kier alpha value is -2.36. The Morgan fingerprint density at radius 3 is 2.92 bits per heavy atom. The van der Waals surface area contributed by atoms with Crippen LogP contribution in [0.5, 0.6) is 5.75 Å². The van der Waals surface area contributed by atoms with E-state index in [-0.39, 0.29) is 12.0 Å². The number of hydrogen-bond acceptors (Lipinski definition) is 3. The highest BCUT2D eigenvalue weighted by molar-refractivity contribution is 5.94. The number of nitrogens with zero attached hydrogens (tertiary/aromatic N) is 2. The number of aromatic nitrogens is 1. The molecule has 1 aliphatic heterocycles. The van der Waals surface area contributed by atoms with Crippen molar-refractivity contribution >= 4 is 5.91 Å². The van der Waals surface area contributed by atoms with Crippen LogP contribution in [0.4, 0.5) is 0 Å². The van der Waals surface area contributed by atoms with Gasteiger partial charge in [0.25, 0.3) is 5.91 Å². The Balaban J connectivity index is 1.29. The SMILES string of the molecule is O=C(c1ccc2c(c1)CCC2)N1C[C@H]2CC[C@@H](Oc3cccnc3)[C@H]2C1. The molecule has 134 valence electrons. The number of ether oxygens (including phenoxy) is 1. The van der Waals surface area contributed by atoms with Gasteiger partial charge in [0, 0.05) is 30.8 Å². The number of amides is 1. The van der Waals surface area contributed by atoms with E-state index in [2.05, 4.69) is 17.1 Å². The number of aryl methyl sites for hydroxylation is 2. The Labute approximate surface area is 154 Å². The summed E-state index contributed by atoms with van der Waals surface area (Å²) in [5.74, 6) is 2.03. The van der Waals surface area contributed by atoms with Crippen LogP contribution in [0, 0.1) is 11.8 Å². The van der Waals surface area contributed by atoms with E-state index >= 15 is 0 Å². The molecule has 0 spiro atoms. The van der Waals surface area contributed by atoms with Gasteiger partial charge in [-0.15, -0.1) is 0 Å². The van der Waals surface area contributed by atoms with Crippen molar-refractivity contribution in [3.8, 4) is 5.75 Å². The van der Waals surface area contributed by atoms with Gasteiger partial charge >= 0.3 is 0 Å². The molecule has 2 fully saturated rings. The van der Waals surface area contributed by atoms with Crippen LogP contribution in [-0.4, -0.2) is 35.0 Å². The van der Waals surface area contributed by atoms with Crippen molar-refractivity contribution in [1.29, 1.82) is 0 Å². The van der Waals surface area contributed by atoms with Crippen LogP contribution in [0.15, 0.2) is 42.7 Å². The van der Waals surface area contributed by atoms with Gasteiger partial charge in [-0.3, -0.25) is 9.78 Å². The number of benzene rings is 1. The fourth-order valence-electron chi connectivity index (χ4n) is 5.01. The molecule has 3 aliphatic rings. The molecular weight excluding hydrogens is 324 g/mol. The molecule has 1 aromatic carbocycles. The zero-order valence-electron chi connectivity index (χ0n) is 14.9. The third kappa shape index (κ3) is 2.77. The molecule has 3 atom stereocenters. The third-order valence-electron chi connectivity index (χ3n) is 6.35.